The summed E-state index contributed by atoms with van der Waals surface area (Å²) in [6, 6.07) is 16.6. The van der Waals surface area contributed by atoms with Crippen LogP contribution in [0.2, 0.25) is 0 Å². The minimum atomic E-state index is 0.537. The largest absolute Gasteiger partial charge is 0.369 e. The number of benzene rings is 2. The average Bonchev–Trinajstić information content (AvgIpc) is 3.27. The van der Waals surface area contributed by atoms with Gasteiger partial charge in [0.05, 0.1) is 23.6 Å². The molecule has 1 N–H and O–H groups in total. The molecular weight excluding hydrogens is 424 g/mol. The molecule has 4 heterocycles. The van der Waals surface area contributed by atoms with Gasteiger partial charge in [-0.3, -0.25) is 9.97 Å². The van der Waals surface area contributed by atoms with Gasteiger partial charge < -0.3 is 15.1 Å². The first kappa shape index (κ1) is 20.6. The number of aromatic nitrogens is 5. The Morgan fingerprint density at radius 3 is 2.62 bits per heavy atom. The molecule has 2 aromatic carbocycles. The number of para-hydroxylation sites is 1. The smallest absolute Gasteiger partial charge is 0.247 e. The average molecular weight is 451 g/mol. The van der Waals surface area contributed by atoms with Crippen LogP contribution in [0.1, 0.15) is 5.56 Å². The van der Waals surface area contributed by atoms with Gasteiger partial charge in [0.1, 0.15) is 0 Å². The number of rotatable bonds is 4. The maximum Gasteiger partial charge on any atom is 0.247 e. The summed E-state index contributed by atoms with van der Waals surface area (Å²) in [5.74, 6) is 0.537. The standard InChI is InChI=1S/C26H26N8/c1-18-13-21(7-8-23(18)33-11-9-32(2)10-12-33)29-26-30-25-17-27-16-24(34(25)31-26)20-14-19-5-3-4-6-22(19)28-15-20/h3-8,13-17H,9-12H2,1-2H3,(H,29,31). The van der Waals surface area contributed by atoms with E-state index in [0.29, 0.717) is 11.6 Å². The van der Waals surface area contributed by atoms with E-state index in [1.807, 2.05) is 28.9 Å². The van der Waals surface area contributed by atoms with E-state index in [1.165, 1.54) is 11.3 Å². The van der Waals surface area contributed by atoms with Crippen molar-refractivity contribution in [2.45, 2.75) is 6.92 Å². The topological polar surface area (TPSA) is 74.5 Å². The number of hydrogen-bond acceptors (Lipinski definition) is 7. The summed E-state index contributed by atoms with van der Waals surface area (Å²) in [7, 11) is 2.18. The van der Waals surface area contributed by atoms with Crippen LogP contribution in [-0.2, 0) is 0 Å². The van der Waals surface area contributed by atoms with Crippen molar-refractivity contribution in [3.05, 3.63) is 72.7 Å². The van der Waals surface area contributed by atoms with Crippen molar-refractivity contribution in [1.29, 1.82) is 0 Å². The van der Waals surface area contributed by atoms with Gasteiger partial charge in [0, 0.05) is 54.7 Å². The molecule has 1 fully saturated rings. The Kier molecular flexibility index (Phi) is 5.07. The van der Waals surface area contributed by atoms with E-state index < -0.39 is 0 Å². The molecule has 1 aliphatic heterocycles. The molecule has 1 saturated heterocycles. The number of anilines is 3. The molecule has 34 heavy (non-hydrogen) atoms. The van der Waals surface area contributed by atoms with Gasteiger partial charge in [0.2, 0.25) is 5.95 Å². The van der Waals surface area contributed by atoms with Gasteiger partial charge >= 0.3 is 0 Å². The molecule has 3 aromatic heterocycles. The molecule has 0 amide bonds. The van der Waals surface area contributed by atoms with Crippen molar-refractivity contribution in [3.63, 3.8) is 0 Å². The zero-order valence-electron chi connectivity index (χ0n) is 19.3. The number of piperazine rings is 1. The Bertz CT molecular complexity index is 1480. The molecular formula is C26H26N8. The normalized spacial score (nSPS) is 14.7. The number of aryl methyl sites for hydroxylation is 1. The highest BCUT2D eigenvalue weighted by molar-refractivity contribution is 5.83. The highest BCUT2D eigenvalue weighted by atomic mass is 15.4. The van der Waals surface area contributed by atoms with Crippen molar-refractivity contribution in [3.8, 4) is 11.3 Å². The number of pyridine rings is 1. The minimum Gasteiger partial charge on any atom is -0.369 e. The third-order valence-corrected chi connectivity index (χ3v) is 6.43. The quantitative estimate of drug-likeness (QED) is 0.441. The van der Waals surface area contributed by atoms with Gasteiger partial charge in [-0.05, 0) is 49.9 Å². The van der Waals surface area contributed by atoms with Crippen molar-refractivity contribution >= 4 is 33.9 Å². The summed E-state index contributed by atoms with van der Waals surface area (Å²) in [5.41, 5.74) is 6.92. The lowest BCUT2D eigenvalue weighted by Gasteiger charge is -2.35. The summed E-state index contributed by atoms with van der Waals surface area (Å²) in [6.07, 6.45) is 5.37. The Morgan fingerprint density at radius 2 is 1.76 bits per heavy atom. The molecule has 6 rings (SSSR count). The van der Waals surface area contributed by atoms with E-state index in [0.717, 1.165) is 54.0 Å². The van der Waals surface area contributed by atoms with E-state index in [1.54, 1.807) is 12.4 Å². The highest BCUT2D eigenvalue weighted by Gasteiger charge is 2.16. The molecule has 0 atom stereocenters. The van der Waals surface area contributed by atoms with Crippen LogP contribution >= 0.6 is 0 Å². The van der Waals surface area contributed by atoms with Crippen LogP contribution < -0.4 is 10.2 Å². The van der Waals surface area contributed by atoms with E-state index in [9.17, 15) is 0 Å². The summed E-state index contributed by atoms with van der Waals surface area (Å²) >= 11 is 0. The predicted octanol–water partition coefficient (Wildman–Crippen LogP) is 4.14. The van der Waals surface area contributed by atoms with Crippen molar-refractivity contribution in [1.82, 2.24) is 29.5 Å². The summed E-state index contributed by atoms with van der Waals surface area (Å²) in [5, 5.41) is 9.17. The Balaban J connectivity index is 1.29. The van der Waals surface area contributed by atoms with Crippen molar-refractivity contribution < 1.29 is 0 Å². The van der Waals surface area contributed by atoms with Crippen LogP contribution in [0.5, 0.6) is 0 Å². The zero-order valence-corrected chi connectivity index (χ0v) is 19.3. The number of nitrogens with zero attached hydrogens (tertiary/aromatic N) is 7. The predicted molar refractivity (Wildman–Crippen MR) is 136 cm³/mol. The highest BCUT2D eigenvalue weighted by Crippen LogP contribution is 2.27. The van der Waals surface area contributed by atoms with Gasteiger partial charge in [-0.2, -0.15) is 4.98 Å². The van der Waals surface area contributed by atoms with Crippen LogP contribution in [0, 0.1) is 6.92 Å². The molecule has 0 unspecified atom stereocenters. The van der Waals surface area contributed by atoms with Crippen molar-refractivity contribution in [2.75, 3.05) is 43.4 Å². The van der Waals surface area contributed by atoms with Crippen LogP contribution in [0.4, 0.5) is 17.3 Å². The summed E-state index contributed by atoms with van der Waals surface area (Å²) in [6.45, 7) is 6.45. The molecule has 0 saturated carbocycles. The molecule has 170 valence electrons. The minimum absolute atomic E-state index is 0.537. The number of nitrogens with one attached hydrogen (secondary N) is 1. The lowest BCUT2D eigenvalue weighted by atomic mass is 10.1. The first-order valence-electron chi connectivity index (χ1n) is 11.5. The fourth-order valence-electron chi connectivity index (χ4n) is 4.54. The van der Waals surface area contributed by atoms with Gasteiger partial charge in [-0.25, -0.2) is 4.52 Å². The molecule has 5 aromatic rings. The van der Waals surface area contributed by atoms with Gasteiger partial charge in [-0.15, -0.1) is 5.10 Å². The summed E-state index contributed by atoms with van der Waals surface area (Å²) in [4.78, 5) is 18.4. The molecule has 1 aliphatic rings. The Morgan fingerprint density at radius 1 is 0.912 bits per heavy atom. The molecule has 0 spiro atoms. The number of hydrogen-bond donors (Lipinski definition) is 1. The van der Waals surface area contributed by atoms with Gasteiger partial charge in [-0.1, -0.05) is 18.2 Å². The van der Waals surface area contributed by atoms with E-state index in [4.69, 9.17) is 5.10 Å². The second kappa shape index (κ2) is 8.39. The monoisotopic (exact) mass is 450 g/mol. The van der Waals surface area contributed by atoms with Gasteiger partial charge in [0.25, 0.3) is 0 Å². The zero-order chi connectivity index (χ0) is 23.1. The number of likely N-dealkylation sites (N-methyl/N-ethyl adjacent to an activating group) is 1. The van der Waals surface area contributed by atoms with E-state index in [-0.39, 0.29) is 0 Å². The van der Waals surface area contributed by atoms with Gasteiger partial charge in [0.15, 0.2) is 5.65 Å². The lowest BCUT2D eigenvalue weighted by Crippen LogP contribution is -2.44. The van der Waals surface area contributed by atoms with E-state index >= 15 is 0 Å². The first-order valence-corrected chi connectivity index (χ1v) is 11.5. The fraction of sp³-hybridized carbons (Fsp3) is 0.231. The number of fused-ring (bicyclic) bond motifs is 2. The van der Waals surface area contributed by atoms with Crippen molar-refractivity contribution in [2.24, 2.45) is 0 Å². The van der Waals surface area contributed by atoms with Crippen LogP contribution in [0.25, 0.3) is 27.8 Å². The second-order valence-corrected chi connectivity index (χ2v) is 8.83. The third-order valence-electron chi connectivity index (χ3n) is 6.43. The molecule has 0 aliphatic carbocycles. The van der Waals surface area contributed by atoms with E-state index in [2.05, 4.69) is 74.4 Å². The SMILES string of the molecule is Cc1cc(Nc2nc3cncc(-c4cnc5ccccc5c4)n3n2)ccc1N1CCN(C)CC1. The molecule has 0 radical (unpaired) electrons. The molecule has 8 heteroatoms. The Hall–Kier alpha value is -4.04. The second-order valence-electron chi connectivity index (χ2n) is 8.83. The first-order chi connectivity index (χ1) is 16.6. The lowest BCUT2D eigenvalue weighted by molar-refractivity contribution is 0.312. The maximum absolute atomic E-state index is 4.73. The maximum atomic E-state index is 4.73. The summed E-state index contributed by atoms with van der Waals surface area (Å²) < 4.78 is 1.81. The van der Waals surface area contributed by atoms with Crippen LogP contribution in [0.15, 0.2) is 67.1 Å². The third kappa shape index (κ3) is 3.82. The molecule has 0 bridgehead atoms. The van der Waals surface area contributed by atoms with Crippen LogP contribution in [0.3, 0.4) is 0 Å². The molecule has 8 nitrogen and oxygen atoms in total. The Labute approximate surface area is 197 Å². The fourth-order valence-corrected chi connectivity index (χ4v) is 4.54. The van der Waals surface area contributed by atoms with Crippen LogP contribution in [-0.4, -0.2) is 62.7 Å².